The van der Waals surface area contributed by atoms with Gasteiger partial charge in [0.2, 0.25) is 5.91 Å². The first-order valence-electron chi connectivity index (χ1n) is 7.05. The van der Waals surface area contributed by atoms with Crippen LogP contribution in [0, 0.1) is 5.92 Å². The summed E-state index contributed by atoms with van der Waals surface area (Å²) >= 11 is 0. The van der Waals surface area contributed by atoms with E-state index in [4.69, 9.17) is 4.74 Å². The van der Waals surface area contributed by atoms with Crippen molar-refractivity contribution in [2.75, 3.05) is 13.2 Å². The van der Waals surface area contributed by atoms with Crippen LogP contribution in [0.2, 0.25) is 0 Å². The molecular formula is C16H17N3O2. The molecule has 1 N–H and O–H groups in total. The van der Waals surface area contributed by atoms with Gasteiger partial charge in [0.15, 0.2) is 0 Å². The molecular weight excluding hydrogens is 266 g/mol. The van der Waals surface area contributed by atoms with Gasteiger partial charge in [-0.05, 0) is 12.5 Å². The van der Waals surface area contributed by atoms with Gasteiger partial charge in [0, 0.05) is 12.2 Å². The molecule has 1 fully saturated rings. The van der Waals surface area contributed by atoms with Crippen molar-refractivity contribution in [2.45, 2.75) is 13.0 Å². The SMILES string of the molecule is O=C(NCc1cc(-c2ccccc2)ncn1)C1CCOC1. The average molecular weight is 283 g/mol. The van der Waals surface area contributed by atoms with E-state index in [0.717, 1.165) is 23.4 Å². The van der Waals surface area contributed by atoms with E-state index in [-0.39, 0.29) is 11.8 Å². The maximum absolute atomic E-state index is 11.9. The lowest BCUT2D eigenvalue weighted by atomic mass is 10.1. The van der Waals surface area contributed by atoms with E-state index in [2.05, 4.69) is 15.3 Å². The normalized spacial score (nSPS) is 17.6. The molecule has 1 aliphatic rings. The van der Waals surface area contributed by atoms with Crippen molar-refractivity contribution in [1.29, 1.82) is 0 Å². The van der Waals surface area contributed by atoms with Gasteiger partial charge in [0.05, 0.1) is 30.5 Å². The zero-order chi connectivity index (χ0) is 14.5. The molecule has 5 heteroatoms. The van der Waals surface area contributed by atoms with Crippen LogP contribution in [0.5, 0.6) is 0 Å². The maximum atomic E-state index is 11.9. The van der Waals surface area contributed by atoms with Crippen molar-refractivity contribution < 1.29 is 9.53 Å². The summed E-state index contributed by atoms with van der Waals surface area (Å²) in [5.74, 6) is 0.00723. The lowest BCUT2D eigenvalue weighted by Crippen LogP contribution is -2.30. The Hall–Kier alpha value is -2.27. The van der Waals surface area contributed by atoms with Crippen molar-refractivity contribution in [2.24, 2.45) is 5.92 Å². The van der Waals surface area contributed by atoms with Gasteiger partial charge in [0.25, 0.3) is 0 Å². The molecule has 1 aliphatic heterocycles. The Morgan fingerprint density at radius 1 is 1.29 bits per heavy atom. The second-order valence-corrected chi connectivity index (χ2v) is 5.04. The first kappa shape index (κ1) is 13.7. The number of carbonyl (C=O) groups is 1. The number of hydrogen-bond donors (Lipinski definition) is 1. The molecule has 2 heterocycles. The number of hydrogen-bond acceptors (Lipinski definition) is 4. The van der Waals surface area contributed by atoms with Crippen LogP contribution in [0.4, 0.5) is 0 Å². The zero-order valence-corrected chi connectivity index (χ0v) is 11.7. The minimum atomic E-state index is -0.0274. The number of benzene rings is 1. The van der Waals surface area contributed by atoms with Gasteiger partial charge in [-0.25, -0.2) is 9.97 Å². The number of ether oxygens (including phenoxy) is 1. The monoisotopic (exact) mass is 283 g/mol. The van der Waals surface area contributed by atoms with Crippen molar-refractivity contribution >= 4 is 5.91 Å². The molecule has 21 heavy (non-hydrogen) atoms. The molecule has 0 bridgehead atoms. The fourth-order valence-corrected chi connectivity index (χ4v) is 2.32. The number of nitrogens with zero attached hydrogens (tertiary/aromatic N) is 2. The molecule has 5 nitrogen and oxygen atoms in total. The van der Waals surface area contributed by atoms with Crippen LogP contribution in [-0.4, -0.2) is 29.1 Å². The molecule has 1 atom stereocenters. The van der Waals surface area contributed by atoms with E-state index in [1.165, 1.54) is 6.33 Å². The highest BCUT2D eigenvalue weighted by atomic mass is 16.5. The third-order valence-corrected chi connectivity index (χ3v) is 3.54. The van der Waals surface area contributed by atoms with Gasteiger partial charge in [-0.15, -0.1) is 0 Å². The third kappa shape index (κ3) is 3.44. The molecule has 1 saturated heterocycles. The Balaban J connectivity index is 1.65. The summed E-state index contributed by atoms with van der Waals surface area (Å²) in [5.41, 5.74) is 2.70. The molecule has 0 aliphatic carbocycles. The van der Waals surface area contributed by atoms with Crippen LogP contribution in [0.3, 0.4) is 0 Å². The van der Waals surface area contributed by atoms with E-state index < -0.39 is 0 Å². The smallest absolute Gasteiger partial charge is 0.225 e. The fourth-order valence-electron chi connectivity index (χ4n) is 2.32. The van der Waals surface area contributed by atoms with E-state index in [0.29, 0.717) is 19.8 Å². The Morgan fingerprint density at radius 2 is 2.14 bits per heavy atom. The predicted molar refractivity (Wildman–Crippen MR) is 78.2 cm³/mol. The lowest BCUT2D eigenvalue weighted by molar-refractivity contribution is -0.125. The van der Waals surface area contributed by atoms with Gasteiger partial charge < -0.3 is 10.1 Å². The van der Waals surface area contributed by atoms with Crippen LogP contribution in [0.15, 0.2) is 42.7 Å². The topological polar surface area (TPSA) is 64.1 Å². The molecule has 3 rings (SSSR count). The molecule has 0 spiro atoms. The quantitative estimate of drug-likeness (QED) is 0.929. The minimum absolute atomic E-state index is 0.0274. The number of nitrogens with one attached hydrogen (secondary N) is 1. The molecule has 1 aromatic carbocycles. The van der Waals surface area contributed by atoms with Crippen molar-refractivity contribution in [3.63, 3.8) is 0 Å². The van der Waals surface area contributed by atoms with Gasteiger partial charge in [-0.3, -0.25) is 4.79 Å². The maximum Gasteiger partial charge on any atom is 0.225 e. The molecule has 1 amide bonds. The summed E-state index contributed by atoms with van der Waals surface area (Å²) in [6.07, 6.45) is 2.33. The highest BCUT2D eigenvalue weighted by Gasteiger charge is 2.23. The second kappa shape index (κ2) is 6.45. The number of aromatic nitrogens is 2. The van der Waals surface area contributed by atoms with E-state index >= 15 is 0 Å². The summed E-state index contributed by atoms with van der Waals surface area (Å²) in [6, 6.07) is 11.8. The van der Waals surface area contributed by atoms with E-state index in [9.17, 15) is 4.79 Å². The van der Waals surface area contributed by atoms with Gasteiger partial charge >= 0.3 is 0 Å². The summed E-state index contributed by atoms with van der Waals surface area (Å²) in [6.45, 7) is 1.60. The summed E-state index contributed by atoms with van der Waals surface area (Å²) in [5, 5.41) is 2.91. The van der Waals surface area contributed by atoms with Crippen molar-refractivity contribution in [1.82, 2.24) is 15.3 Å². The summed E-state index contributed by atoms with van der Waals surface area (Å²) < 4.78 is 5.22. The number of amides is 1. The van der Waals surface area contributed by atoms with Crippen LogP contribution in [-0.2, 0) is 16.1 Å². The standard InChI is InChI=1S/C16H17N3O2/c20-16(13-6-7-21-10-13)17-9-14-8-15(19-11-18-14)12-4-2-1-3-5-12/h1-5,8,11,13H,6-7,9-10H2,(H,17,20). The minimum Gasteiger partial charge on any atom is -0.381 e. The Morgan fingerprint density at radius 3 is 2.90 bits per heavy atom. The molecule has 0 radical (unpaired) electrons. The highest BCUT2D eigenvalue weighted by Crippen LogP contribution is 2.16. The number of rotatable bonds is 4. The molecule has 2 aromatic rings. The van der Waals surface area contributed by atoms with Gasteiger partial charge in [0.1, 0.15) is 6.33 Å². The average Bonchev–Trinajstić information content (AvgIpc) is 3.08. The van der Waals surface area contributed by atoms with E-state index in [1.807, 2.05) is 36.4 Å². The number of carbonyl (C=O) groups excluding carboxylic acids is 1. The largest absolute Gasteiger partial charge is 0.381 e. The second-order valence-electron chi connectivity index (χ2n) is 5.04. The Labute approximate surface area is 123 Å². The molecule has 108 valence electrons. The van der Waals surface area contributed by atoms with Gasteiger partial charge in [-0.1, -0.05) is 30.3 Å². The highest BCUT2D eigenvalue weighted by molar-refractivity contribution is 5.78. The Bertz CT molecular complexity index is 610. The molecule has 1 aromatic heterocycles. The van der Waals surface area contributed by atoms with Crippen molar-refractivity contribution in [3.8, 4) is 11.3 Å². The third-order valence-electron chi connectivity index (χ3n) is 3.54. The van der Waals surface area contributed by atoms with Gasteiger partial charge in [-0.2, -0.15) is 0 Å². The lowest BCUT2D eigenvalue weighted by Gasteiger charge is -2.09. The predicted octanol–water partition coefficient (Wildman–Crippen LogP) is 1.80. The Kier molecular flexibility index (Phi) is 4.21. The van der Waals surface area contributed by atoms with Crippen LogP contribution in [0.1, 0.15) is 12.1 Å². The summed E-state index contributed by atoms with van der Waals surface area (Å²) in [4.78, 5) is 20.4. The van der Waals surface area contributed by atoms with Crippen LogP contribution in [0.25, 0.3) is 11.3 Å². The van der Waals surface area contributed by atoms with Crippen LogP contribution < -0.4 is 5.32 Å². The van der Waals surface area contributed by atoms with E-state index in [1.54, 1.807) is 0 Å². The summed E-state index contributed by atoms with van der Waals surface area (Å²) in [7, 11) is 0. The molecule has 1 unspecified atom stereocenters. The van der Waals surface area contributed by atoms with Crippen LogP contribution >= 0.6 is 0 Å². The fraction of sp³-hybridized carbons (Fsp3) is 0.312. The first-order chi connectivity index (χ1) is 10.3. The van der Waals surface area contributed by atoms with Crippen molar-refractivity contribution in [3.05, 3.63) is 48.4 Å². The molecule has 0 saturated carbocycles. The zero-order valence-electron chi connectivity index (χ0n) is 11.7. The first-order valence-corrected chi connectivity index (χ1v) is 7.05.